The van der Waals surface area contributed by atoms with Gasteiger partial charge in [0.15, 0.2) is 0 Å². The highest BCUT2D eigenvalue weighted by Crippen LogP contribution is 2.19. The van der Waals surface area contributed by atoms with Crippen molar-refractivity contribution in [3.63, 3.8) is 0 Å². The van der Waals surface area contributed by atoms with Gasteiger partial charge >= 0.3 is 12.0 Å². The average molecular weight is 462 g/mol. The molecule has 1 saturated heterocycles. The molecule has 2 heterocycles. The van der Waals surface area contributed by atoms with Gasteiger partial charge < -0.3 is 19.9 Å². The van der Waals surface area contributed by atoms with Crippen molar-refractivity contribution in [2.75, 3.05) is 57.1 Å². The van der Waals surface area contributed by atoms with Crippen LogP contribution in [0.2, 0.25) is 0 Å². The molecule has 172 valence electrons. The van der Waals surface area contributed by atoms with Gasteiger partial charge in [-0.1, -0.05) is 0 Å². The van der Waals surface area contributed by atoms with Crippen molar-refractivity contribution in [3.8, 4) is 0 Å². The standard InChI is InChI=1S/C21H27N5O5S/c1-4-31-20(27)16-5-8-18(9-6-16)32(29,30)26-13-11-25(12-14-26)21(28)23-17-7-10-19(22-15-17)24(2)3/h5-10,15H,4,11-14H2,1-3H3,(H,23,28). The first kappa shape index (κ1) is 23.5. The predicted octanol–water partition coefficient (Wildman–Crippen LogP) is 1.86. The van der Waals surface area contributed by atoms with Gasteiger partial charge in [0.1, 0.15) is 5.82 Å². The molecule has 10 nitrogen and oxygen atoms in total. The van der Waals surface area contributed by atoms with Crippen LogP contribution in [0.4, 0.5) is 16.3 Å². The van der Waals surface area contributed by atoms with E-state index in [0.717, 1.165) is 5.82 Å². The third-order valence-corrected chi connectivity index (χ3v) is 6.90. The van der Waals surface area contributed by atoms with E-state index < -0.39 is 16.0 Å². The number of esters is 1. The number of benzene rings is 1. The van der Waals surface area contributed by atoms with Crippen molar-refractivity contribution in [1.29, 1.82) is 0 Å². The Morgan fingerprint density at radius 1 is 1.06 bits per heavy atom. The lowest BCUT2D eigenvalue weighted by molar-refractivity contribution is 0.0526. The summed E-state index contributed by atoms with van der Waals surface area (Å²) in [4.78, 5) is 32.1. The highest BCUT2D eigenvalue weighted by atomic mass is 32.2. The Morgan fingerprint density at radius 3 is 2.25 bits per heavy atom. The van der Waals surface area contributed by atoms with Crippen molar-refractivity contribution in [2.45, 2.75) is 11.8 Å². The number of piperazine rings is 1. The lowest BCUT2D eigenvalue weighted by atomic mass is 10.2. The van der Waals surface area contributed by atoms with Crippen LogP contribution in [0.1, 0.15) is 17.3 Å². The maximum atomic E-state index is 12.9. The van der Waals surface area contributed by atoms with Crippen molar-refractivity contribution in [3.05, 3.63) is 48.2 Å². The van der Waals surface area contributed by atoms with Crippen LogP contribution in [-0.4, -0.2) is 81.5 Å². The molecule has 11 heteroatoms. The van der Waals surface area contributed by atoms with E-state index in [4.69, 9.17) is 4.74 Å². The van der Waals surface area contributed by atoms with E-state index in [9.17, 15) is 18.0 Å². The minimum atomic E-state index is -3.73. The Labute approximate surface area is 187 Å². The molecule has 2 amide bonds. The third-order valence-electron chi connectivity index (χ3n) is 4.99. The molecule has 0 aliphatic carbocycles. The molecule has 0 saturated carbocycles. The van der Waals surface area contributed by atoms with Gasteiger partial charge in [0.2, 0.25) is 10.0 Å². The molecule has 0 atom stereocenters. The van der Waals surface area contributed by atoms with Gasteiger partial charge in [0, 0.05) is 40.3 Å². The second-order valence-corrected chi connectivity index (χ2v) is 9.30. The summed E-state index contributed by atoms with van der Waals surface area (Å²) in [5, 5.41) is 2.78. The molecule has 0 spiro atoms. The van der Waals surface area contributed by atoms with Gasteiger partial charge in [-0.3, -0.25) is 0 Å². The van der Waals surface area contributed by atoms with E-state index in [1.165, 1.54) is 28.6 Å². The number of nitrogens with zero attached hydrogens (tertiary/aromatic N) is 4. The Balaban J connectivity index is 1.58. The van der Waals surface area contributed by atoms with Crippen molar-refractivity contribution >= 4 is 33.5 Å². The summed E-state index contributed by atoms with van der Waals surface area (Å²) >= 11 is 0. The fourth-order valence-electron chi connectivity index (χ4n) is 3.19. The molecule has 0 unspecified atom stereocenters. The SMILES string of the molecule is CCOC(=O)c1ccc(S(=O)(=O)N2CCN(C(=O)Nc3ccc(N(C)C)nc3)CC2)cc1. The number of carbonyl (C=O) groups excluding carboxylic acids is 2. The number of sulfonamides is 1. The van der Waals surface area contributed by atoms with Crippen LogP contribution in [0.3, 0.4) is 0 Å². The molecule has 1 N–H and O–H groups in total. The molecule has 1 aromatic heterocycles. The molecule has 32 heavy (non-hydrogen) atoms. The summed E-state index contributed by atoms with van der Waals surface area (Å²) in [6, 6.07) is 8.92. The number of carbonyl (C=O) groups is 2. The molecule has 1 fully saturated rings. The summed E-state index contributed by atoms with van der Waals surface area (Å²) < 4.78 is 32.1. The minimum absolute atomic E-state index is 0.0931. The normalized spacial score (nSPS) is 14.7. The van der Waals surface area contributed by atoms with Gasteiger partial charge in [-0.05, 0) is 43.3 Å². The zero-order valence-electron chi connectivity index (χ0n) is 18.3. The number of anilines is 2. The number of pyridine rings is 1. The average Bonchev–Trinajstić information content (AvgIpc) is 2.79. The summed E-state index contributed by atoms with van der Waals surface area (Å²) in [6.07, 6.45) is 1.58. The van der Waals surface area contributed by atoms with E-state index in [0.29, 0.717) is 11.3 Å². The maximum Gasteiger partial charge on any atom is 0.338 e. The van der Waals surface area contributed by atoms with Gasteiger partial charge in [0.05, 0.1) is 29.0 Å². The fourth-order valence-corrected chi connectivity index (χ4v) is 4.61. The van der Waals surface area contributed by atoms with Crippen LogP contribution in [-0.2, 0) is 14.8 Å². The van der Waals surface area contributed by atoms with Crippen LogP contribution in [0, 0.1) is 0 Å². The number of urea groups is 1. The van der Waals surface area contributed by atoms with E-state index >= 15 is 0 Å². The first-order valence-corrected chi connectivity index (χ1v) is 11.6. The van der Waals surface area contributed by atoms with Crippen LogP contribution in [0.15, 0.2) is 47.5 Å². The monoisotopic (exact) mass is 461 g/mol. The van der Waals surface area contributed by atoms with E-state index in [1.807, 2.05) is 19.0 Å². The molecular weight excluding hydrogens is 434 g/mol. The van der Waals surface area contributed by atoms with Gasteiger partial charge in [-0.2, -0.15) is 4.31 Å². The molecule has 3 rings (SSSR count). The number of ether oxygens (including phenoxy) is 1. The number of nitrogens with one attached hydrogen (secondary N) is 1. The second kappa shape index (κ2) is 9.96. The molecule has 1 aromatic carbocycles. The number of aromatic nitrogens is 1. The number of hydrogen-bond acceptors (Lipinski definition) is 7. The first-order valence-electron chi connectivity index (χ1n) is 10.2. The van der Waals surface area contributed by atoms with Gasteiger partial charge in [-0.25, -0.2) is 23.0 Å². The molecular formula is C21H27N5O5S. The van der Waals surface area contributed by atoms with Crippen molar-refractivity contribution < 1.29 is 22.7 Å². The number of rotatable bonds is 6. The topological polar surface area (TPSA) is 112 Å². The second-order valence-electron chi connectivity index (χ2n) is 7.37. The van der Waals surface area contributed by atoms with Gasteiger partial charge in [0.25, 0.3) is 0 Å². The Kier molecular flexibility index (Phi) is 7.31. The van der Waals surface area contributed by atoms with Crippen LogP contribution in [0.25, 0.3) is 0 Å². The first-order chi connectivity index (χ1) is 15.2. The predicted molar refractivity (Wildman–Crippen MR) is 120 cm³/mol. The van der Waals surface area contributed by atoms with Gasteiger partial charge in [-0.15, -0.1) is 0 Å². The molecule has 2 aromatic rings. The smallest absolute Gasteiger partial charge is 0.338 e. The molecule has 1 aliphatic rings. The largest absolute Gasteiger partial charge is 0.462 e. The third kappa shape index (κ3) is 5.35. The van der Waals surface area contributed by atoms with E-state index in [-0.39, 0.29) is 43.7 Å². The Morgan fingerprint density at radius 2 is 1.72 bits per heavy atom. The Hall–Kier alpha value is -3.18. The summed E-state index contributed by atoms with van der Waals surface area (Å²) in [6.45, 7) is 2.81. The maximum absolute atomic E-state index is 12.9. The Bertz CT molecular complexity index is 1050. The lowest BCUT2D eigenvalue weighted by Crippen LogP contribution is -2.51. The van der Waals surface area contributed by atoms with E-state index in [2.05, 4.69) is 10.3 Å². The number of amides is 2. The summed E-state index contributed by atoms with van der Waals surface area (Å²) in [5.41, 5.74) is 0.859. The lowest BCUT2D eigenvalue weighted by Gasteiger charge is -2.34. The minimum Gasteiger partial charge on any atom is -0.462 e. The molecule has 0 radical (unpaired) electrons. The van der Waals surface area contributed by atoms with Crippen LogP contribution >= 0.6 is 0 Å². The number of hydrogen-bond donors (Lipinski definition) is 1. The summed E-state index contributed by atoms with van der Waals surface area (Å²) in [7, 11) is 0.0262. The van der Waals surface area contributed by atoms with Crippen LogP contribution in [0.5, 0.6) is 0 Å². The fraction of sp³-hybridized carbons (Fsp3) is 0.381. The highest BCUT2D eigenvalue weighted by Gasteiger charge is 2.30. The van der Waals surface area contributed by atoms with Crippen molar-refractivity contribution in [2.24, 2.45) is 0 Å². The zero-order valence-corrected chi connectivity index (χ0v) is 19.1. The zero-order chi connectivity index (χ0) is 23.3. The highest BCUT2D eigenvalue weighted by molar-refractivity contribution is 7.89. The quantitative estimate of drug-likeness (QED) is 0.654. The van der Waals surface area contributed by atoms with Crippen molar-refractivity contribution in [1.82, 2.24) is 14.2 Å². The summed E-state index contributed by atoms with van der Waals surface area (Å²) in [5.74, 6) is 0.278. The molecule has 0 bridgehead atoms. The molecule has 1 aliphatic heterocycles. The van der Waals surface area contributed by atoms with Crippen LogP contribution < -0.4 is 10.2 Å². The van der Waals surface area contributed by atoms with E-state index in [1.54, 1.807) is 30.2 Å².